The van der Waals surface area contributed by atoms with E-state index >= 15 is 0 Å². The highest BCUT2D eigenvalue weighted by atomic mass is 16.6. The molecule has 1 aliphatic rings. The van der Waals surface area contributed by atoms with Crippen molar-refractivity contribution in [1.29, 1.82) is 0 Å². The molecular weight excluding hydrogens is 366 g/mol. The molecule has 1 aliphatic heterocycles. The van der Waals surface area contributed by atoms with Gasteiger partial charge in [-0.1, -0.05) is 12.1 Å². The van der Waals surface area contributed by atoms with E-state index in [1.807, 2.05) is 0 Å². The van der Waals surface area contributed by atoms with Crippen LogP contribution < -0.4 is 14.8 Å². The summed E-state index contributed by atoms with van der Waals surface area (Å²) in [4.78, 5) is 35.4. The monoisotopic (exact) mass is 385 g/mol. The van der Waals surface area contributed by atoms with Gasteiger partial charge in [0.25, 0.3) is 5.91 Å². The highest BCUT2D eigenvalue weighted by Crippen LogP contribution is 2.30. The maximum atomic E-state index is 12.1. The Kier molecular flexibility index (Phi) is 6.11. The Hall–Kier alpha value is -3.55. The lowest BCUT2D eigenvalue weighted by Crippen LogP contribution is -2.28. The number of carbonyl (C=O) groups excluding carboxylic acids is 3. The van der Waals surface area contributed by atoms with Crippen LogP contribution in [-0.2, 0) is 20.8 Å². The van der Waals surface area contributed by atoms with Crippen LogP contribution in [0, 0.1) is 0 Å². The molecule has 1 heterocycles. The molecule has 0 aromatic heterocycles. The smallest absolute Gasteiger partial charge is 0.338 e. The van der Waals surface area contributed by atoms with Gasteiger partial charge in [0.2, 0.25) is 0 Å². The van der Waals surface area contributed by atoms with E-state index in [2.05, 4.69) is 10.1 Å². The second kappa shape index (κ2) is 8.90. The van der Waals surface area contributed by atoms with Crippen molar-refractivity contribution in [2.24, 2.45) is 0 Å². The lowest BCUT2D eigenvalue weighted by Gasteiger charge is -2.18. The van der Waals surface area contributed by atoms with E-state index in [0.717, 1.165) is 5.56 Å². The van der Waals surface area contributed by atoms with Crippen LogP contribution in [0.3, 0.4) is 0 Å². The van der Waals surface area contributed by atoms with Crippen molar-refractivity contribution >= 4 is 17.8 Å². The van der Waals surface area contributed by atoms with E-state index < -0.39 is 24.5 Å². The second-order valence-corrected chi connectivity index (χ2v) is 5.90. The molecular formula is C20H19NO7. The summed E-state index contributed by atoms with van der Waals surface area (Å²) in [6, 6.07) is 11.3. The van der Waals surface area contributed by atoms with Crippen molar-refractivity contribution in [2.45, 2.75) is 6.54 Å². The van der Waals surface area contributed by atoms with Gasteiger partial charge >= 0.3 is 11.9 Å². The molecule has 1 amide bonds. The number of carbonyl (C=O) groups is 3. The van der Waals surface area contributed by atoms with Crippen molar-refractivity contribution in [3.05, 3.63) is 59.2 Å². The first kappa shape index (κ1) is 19.2. The average Bonchev–Trinajstić information content (AvgIpc) is 2.75. The summed E-state index contributed by atoms with van der Waals surface area (Å²) in [7, 11) is 1.31. The van der Waals surface area contributed by atoms with E-state index in [-0.39, 0.29) is 12.1 Å². The fourth-order valence-corrected chi connectivity index (χ4v) is 2.51. The highest BCUT2D eigenvalue weighted by Gasteiger charge is 2.16. The van der Waals surface area contributed by atoms with Crippen LogP contribution in [0.5, 0.6) is 11.5 Å². The molecule has 8 heteroatoms. The molecule has 1 N–H and O–H groups in total. The Morgan fingerprint density at radius 1 is 0.929 bits per heavy atom. The van der Waals surface area contributed by atoms with E-state index in [0.29, 0.717) is 30.3 Å². The van der Waals surface area contributed by atoms with Crippen molar-refractivity contribution < 1.29 is 33.3 Å². The fourth-order valence-electron chi connectivity index (χ4n) is 2.51. The quantitative estimate of drug-likeness (QED) is 0.756. The summed E-state index contributed by atoms with van der Waals surface area (Å²) in [5, 5.41) is 2.64. The summed E-state index contributed by atoms with van der Waals surface area (Å²) < 4.78 is 20.5. The van der Waals surface area contributed by atoms with Crippen molar-refractivity contribution in [1.82, 2.24) is 5.32 Å². The minimum atomic E-state index is -0.630. The molecule has 0 saturated carbocycles. The lowest BCUT2D eigenvalue weighted by atomic mass is 10.1. The minimum absolute atomic E-state index is 0.238. The van der Waals surface area contributed by atoms with Crippen LogP contribution in [0.25, 0.3) is 0 Å². The van der Waals surface area contributed by atoms with Gasteiger partial charge in [0.05, 0.1) is 18.2 Å². The standard InChI is InChI=1S/C20H19NO7/c1-25-19(23)14-4-2-13(3-5-14)11-21-18(22)12-28-20(24)15-6-7-16-17(10-15)27-9-8-26-16/h2-7,10H,8-9,11-12H2,1H3,(H,21,22). The Morgan fingerprint density at radius 2 is 1.61 bits per heavy atom. The van der Waals surface area contributed by atoms with E-state index in [4.69, 9.17) is 14.2 Å². The number of amides is 1. The topological polar surface area (TPSA) is 100 Å². The van der Waals surface area contributed by atoms with Gasteiger partial charge in [-0.05, 0) is 35.9 Å². The lowest BCUT2D eigenvalue weighted by molar-refractivity contribution is -0.124. The number of methoxy groups -OCH3 is 1. The van der Waals surface area contributed by atoms with Gasteiger partial charge in [-0.25, -0.2) is 9.59 Å². The van der Waals surface area contributed by atoms with Gasteiger partial charge in [0.1, 0.15) is 13.2 Å². The van der Waals surface area contributed by atoms with Crippen molar-refractivity contribution in [2.75, 3.05) is 26.9 Å². The molecule has 146 valence electrons. The molecule has 0 fully saturated rings. The van der Waals surface area contributed by atoms with Crippen molar-refractivity contribution in [3.8, 4) is 11.5 Å². The molecule has 0 spiro atoms. The molecule has 3 rings (SSSR count). The number of hydrogen-bond acceptors (Lipinski definition) is 7. The number of nitrogens with one attached hydrogen (secondary N) is 1. The maximum Gasteiger partial charge on any atom is 0.338 e. The first-order valence-corrected chi connectivity index (χ1v) is 8.57. The highest BCUT2D eigenvalue weighted by molar-refractivity contribution is 5.92. The molecule has 0 unspecified atom stereocenters. The molecule has 0 radical (unpaired) electrons. The van der Waals surface area contributed by atoms with Crippen LogP contribution in [0.15, 0.2) is 42.5 Å². The number of benzene rings is 2. The number of fused-ring (bicyclic) bond motifs is 1. The van der Waals surface area contributed by atoms with Gasteiger partial charge in [0, 0.05) is 6.54 Å². The van der Waals surface area contributed by atoms with Crippen molar-refractivity contribution in [3.63, 3.8) is 0 Å². The third kappa shape index (κ3) is 4.79. The average molecular weight is 385 g/mol. The van der Waals surface area contributed by atoms with Crippen LogP contribution in [0.2, 0.25) is 0 Å². The second-order valence-electron chi connectivity index (χ2n) is 5.90. The maximum absolute atomic E-state index is 12.1. The summed E-state index contributed by atoms with van der Waals surface area (Å²) in [6.07, 6.45) is 0. The molecule has 0 atom stereocenters. The zero-order chi connectivity index (χ0) is 19.9. The SMILES string of the molecule is COC(=O)c1ccc(CNC(=O)COC(=O)c2ccc3c(c2)OCCO3)cc1. The van der Waals surface area contributed by atoms with E-state index in [1.54, 1.807) is 36.4 Å². The van der Waals surface area contributed by atoms with Crippen LogP contribution >= 0.6 is 0 Å². The Balaban J connectivity index is 1.46. The predicted molar refractivity (Wildman–Crippen MR) is 97.3 cm³/mol. The van der Waals surface area contributed by atoms with Gasteiger partial charge in [0.15, 0.2) is 18.1 Å². The van der Waals surface area contributed by atoms with Gasteiger partial charge in [-0.2, -0.15) is 0 Å². The summed E-state index contributed by atoms with van der Waals surface area (Å²) in [5.74, 6) is -0.460. The molecule has 2 aromatic carbocycles. The van der Waals surface area contributed by atoms with Crippen LogP contribution in [-0.4, -0.2) is 44.8 Å². The third-order valence-corrected chi connectivity index (χ3v) is 3.98. The van der Waals surface area contributed by atoms with E-state index in [9.17, 15) is 14.4 Å². The summed E-state index contributed by atoms with van der Waals surface area (Å²) >= 11 is 0. The molecule has 8 nitrogen and oxygen atoms in total. The molecule has 28 heavy (non-hydrogen) atoms. The van der Waals surface area contributed by atoms with E-state index in [1.165, 1.54) is 13.2 Å². The van der Waals surface area contributed by atoms with Gasteiger partial charge in [-0.3, -0.25) is 4.79 Å². The summed E-state index contributed by atoms with van der Waals surface area (Å²) in [5.41, 5.74) is 1.49. The fraction of sp³-hybridized carbons (Fsp3) is 0.250. The molecule has 0 bridgehead atoms. The minimum Gasteiger partial charge on any atom is -0.486 e. The number of ether oxygens (including phenoxy) is 4. The summed E-state index contributed by atoms with van der Waals surface area (Å²) in [6.45, 7) is 0.701. The Labute approximate surface area is 161 Å². The van der Waals surface area contributed by atoms with Gasteiger partial charge in [-0.15, -0.1) is 0 Å². The predicted octanol–water partition coefficient (Wildman–Crippen LogP) is 1.72. The first-order valence-electron chi connectivity index (χ1n) is 8.57. The molecule has 0 saturated heterocycles. The number of rotatable bonds is 6. The third-order valence-electron chi connectivity index (χ3n) is 3.98. The van der Waals surface area contributed by atoms with Crippen LogP contribution in [0.4, 0.5) is 0 Å². The number of hydrogen-bond donors (Lipinski definition) is 1. The largest absolute Gasteiger partial charge is 0.486 e. The van der Waals surface area contributed by atoms with Crippen LogP contribution in [0.1, 0.15) is 26.3 Å². The molecule has 0 aliphatic carbocycles. The molecule has 2 aromatic rings. The zero-order valence-electron chi connectivity index (χ0n) is 15.2. The Bertz CT molecular complexity index is 877. The zero-order valence-corrected chi connectivity index (χ0v) is 15.2. The number of esters is 2. The first-order chi connectivity index (χ1) is 13.6. The van der Waals surface area contributed by atoms with Gasteiger partial charge < -0.3 is 24.3 Å². The normalized spacial score (nSPS) is 12.0. The Morgan fingerprint density at radius 3 is 2.32 bits per heavy atom.